The monoisotopic (exact) mass is 726 g/mol. The second kappa shape index (κ2) is 13.2. The van der Waals surface area contributed by atoms with Crippen LogP contribution in [0.2, 0.25) is 10.0 Å². The first-order valence-corrected chi connectivity index (χ1v) is 14.5. The minimum absolute atomic E-state index is 0.0636. The Morgan fingerprint density at radius 3 is 2.40 bits per heavy atom. The second-order valence-electron chi connectivity index (χ2n) is 8.20. The smallest absolute Gasteiger partial charge is 0.339 e. The standard InChI is InChI=1S/C27H18Br2Cl2N2O6S/c1-38-26(36)17-11-16(6-7-21(17)31)32-23(34)12-33-25(35)22(40-27(33)37)10-14-8-18(28)24(19(29)9-14)39-13-15-4-2-3-5-20(15)30/h2-11H,12-13H2,1H3,(H,32,34)/b22-10+. The molecule has 0 spiro atoms. The number of hydrogen-bond acceptors (Lipinski definition) is 7. The van der Waals surface area contributed by atoms with Crippen molar-refractivity contribution in [2.24, 2.45) is 0 Å². The van der Waals surface area contributed by atoms with Gasteiger partial charge in [-0.25, -0.2) is 4.79 Å². The molecule has 0 atom stereocenters. The van der Waals surface area contributed by atoms with Gasteiger partial charge in [-0.05, 0) is 91.7 Å². The number of benzene rings is 3. The molecule has 13 heteroatoms. The molecule has 1 N–H and O–H groups in total. The lowest BCUT2D eigenvalue weighted by Gasteiger charge is -2.13. The van der Waals surface area contributed by atoms with Crippen molar-refractivity contribution in [3.8, 4) is 5.75 Å². The fraction of sp³-hybridized carbons (Fsp3) is 0.111. The molecule has 0 saturated carbocycles. The van der Waals surface area contributed by atoms with Gasteiger partial charge in [0.1, 0.15) is 18.9 Å². The highest BCUT2D eigenvalue weighted by molar-refractivity contribution is 9.11. The summed E-state index contributed by atoms with van der Waals surface area (Å²) in [6.45, 7) is -0.266. The average molecular weight is 729 g/mol. The number of esters is 1. The Hall–Kier alpha value is -2.83. The van der Waals surface area contributed by atoms with Gasteiger partial charge in [-0.2, -0.15) is 0 Å². The number of carbonyl (C=O) groups excluding carboxylic acids is 4. The molecule has 1 fully saturated rings. The number of anilines is 1. The molecule has 3 aromatic carbocycles. The third kappa shape index (κ3) is 7.08. The number of amides is 3. The fourth-order valence-electron chi connectivity index (χ4n) is 3.57. The Bertz CT molecular complexity index is 1540. The van der Waals surface area contributed by atoms with Crippen molar-refractivity contribution in [2.75, 3.05) is 19.0 Å². The number of halogens is 4. The van der Waals surface area contributed by atoms with Crippen molar-refractivity contribution >= 4 is 102 Å². The molecular formula is C27H18Br2Cl2N2O6S. The highest BCUT2D eigenvalue weighted by Crippen LogP contribution is 2.38. The average Bonchev–Trinajstić information content (AvgIpc) is 3.16. The molecule has 3 aromatic rings. The SMILES string of the molecule is COC(=O)c1cc(NC(=O)CN2C(=O)S/C(=C/c3cc(Br)c(OCc4ccccc4Cl)c(Br)c3)C2=O)ccc1Cl. The Labute approximate surface area is 260 Å². The molecular weight excluding hydrogens is 711 g/mol. The van der Waals surface area contributed by atoms with E-state index in [0.717, 1.165) is 22.2 Å². The zero-order valence-electron chi connectivity index (χ0n) is 20.5. The van der Waals surface area contributed by atoms with Crippen LogP contribution in [0.1, 0.15) is 21.5 Å². The summed E-state index contributed by atoms with van der Waals surface area (Å²) in [5.41, 5.74) is 1.76. The maximum atomic E-state index is 13.0. The van der Waals surface area contributed by atoms with Crippen LogP contribution < -0.4 is 10.1 Å². The van der Waals surface area contributed by atoms with Gasteiger partial charge in [0.2, 0.25) is 5.91 Å². The van der Waals surface area contributed by atoms with Gasteiger partial charge in [0.05, 0.1) is 31.5 Å². The topological polar surface area (TPSA) is 102 Å². The lowest BCUT2D eigenvalue weighted by Crippen LogP contribution is -2.36. The van der Waals surface area contributed by atoms with Gasteiger partial charge >= 0.3 is 5.97 Å². The summed E-state index contributed by atoms with van der Waals surface area (Å²) in [4.78, 5) is 51.0. The predicted octanol–water partition coefficient (Wildman–Crippen LogP) is 7.56. The first kappa shape index (κ1) is 30.1. The predicted molar refractivity (Wildman–Crippen MR) is 162 cm³/mol. The van der Waals surface area contributed by atoms with Crippen LogP contribution in [0.25, 0.3) is 6.08 Å². The van der Waals surface area contributed by atoms with Gasteiger partial charge in [-0.1, -0.05) is 41.4 Å². The van der Waals surface area contributed by atoms with Gasteiger partial charge < -0.3 is 14.8 Å². The van der Waals surface area contributed by atoms with E-state index in [9.17, 15) is 19.2 Å². The van der Waals surface area contributed by atoms with Crippen LogP contribution in [0.3, 0.4) is 0 Å². The number of imide groups is 1. The summed E-state index contributed by atoms with van der Waals surface area (Å²) in [6, 6.07) is 15.1. The number of rotatable bonds is 8. The quantitative estimate of drug-likeness (QED) is 0.189. The zero-order valence-corrected chi connectivity index (χ0v) is 26.0. The number of carbonyl (C=O) groups is 4. The van der Waals surface area contributed by atoms with Crippen LogP contribution in [0, 0.1) is 0 Å². The Morgan fingerprint density at radius 1 is 1.02 bits per heavy atom. The van der Waals surface area contributed by atoms with Crippen LogP contribution in [0.4, 0.5) is 10.5 Å². The fourth-order valence-corrected chi connectivity index (χ4v) is 6.24. The summed E-state index contributed by atoms with van der Waals surface area (Å²) in [7, 11) is 1.21. The van der Waals surface area contributed by atoms with Gasteiger partial charge in [0.25, 0.3) is 11.1 Å². The Kier molecular flexibility index (Phi) is 9.96. The molecule has 4 rings (SSSR count). The maximum Gasteiger partial charge on any atom is 0.339 e. The van der Waals surface area contributed by atoms with Gasteiger partial charge in [-0.3, -0.25) is 19.3 Å². The van der Waals surface area contributed by atoms with Crippen LogP contribution in [0.15, 0.2) is 68.4 Å². The molecule has 8 nitrogen and oxygen atoms in total. The minimum atomic E-state index is -0.671. The first-order chi connectivity index (χ1) is 19.1. The second-order valence-corrected chi connectivity index (χ2v) is 11.7. The minimum Gasteiger partial charge on any atom is -0.486 e. The van der Waals surface area contributed by atoms with E-state index in [0.29, 0.717) is 25.3 Å². The van der Waals surface area contributed by atoms with Crippen molar-refractivity contribution in [2.45, 2.75) is 6.61 Å². The Balaban J connectivity index is 1.44. The van der Waals surface area contributed by atoms with Crippen LogP contribution in [-0.2, 0) is 20.9 Å². The van der Waals surface area contributed by atoms with E-state index in [1.807, 2.05) is 18.2 Å². The molecule has 1 aliphatic rings. The summed E-state index contributed by atoms with van der Waals surface area (Å²) >= 11 is 19.9. The molecule has 40 heavy (non-hydrogen) atoms. The summed E-state index contributed by atoms with van der Waals surface area (Å²) < 4.78 is 11.8. The molecule has 1 aliphatic heterocycles. The summed E-state index contributed by atoms with van der Waals surface area (Å²) in [5.74, 6) is -1.37. The van der Waals surface area contributed by atoms with Gasteiger partial charge in [0.15, 0.2) is 0 Å². The number of nitrogens with one attached hydrogen (secondary N) is 1. The molecule has 0 unspecified atom stereocenters. The number of hydrogen-bond donors (Lipinski definition) is 1. The first-order valence-electron chi connectivity index (χ1n) is 11.4. The normalized spacial score (nSPS) is 14.0. The molecule has 0 radical (unpaired) electrons. The highest BCUT2D eigenvalue weighted by atomic mass is 79.9. The van der Waals surface area contributed by atoms with Crippen molar-refractivity contribution in [1.29, 1.82) is 0 Å². The summed E-state index contributed by atoms with van der Waals surface area (Å²) in [6.07, 6.45) is 1.55. The third-order valence-electron chi connectivity index (χ3n) is 5.48. The molecule has 1 heterocycles. The van der Waals surface area contributed by atoms with Crippen LogP contribution in [-0.4, -0.2) is 41.6 Å². The van der Waals surface area contributed by atoms with Gasteiger partial charge in [-0.15, -0.1) is 0 Å². The van der Waals surface area contributed by atoms with E-state index >= 15 is 0 Å². The Morgan fingerprint density at radius 2 is 1.73 bits per heavy atom. The largest absolute Gasteiger partial charge is 0.486 e. The van der Waals surface area contributed by atoms with Crippen molar-refractivity contribution < 1.29 is 28.7 Å². The molecule has 0 bridgehead atoms. The molecule has 1 saturated heterocycles. The highest BCUT2D eigenvalue weighted by Gasteiger charge is 2.36. The van der Waals surface area contributed by atoms with E-state index in [-0.39, 0.29) is 27.8 Å². The molecule has 0 aromatic heterocycles. The molecule has 0 aliphatic carbocycles. The van der Waals surface area contributed by atoms with E-state index < -0.39 is 29.6 Å². The van der Waals surface area contributed by atoms with E-state index in [2.05, 4.69) is 41.9 Å². The van der Waals surface area contributed by atoms with Gasteiger partial charge in [0, 0.05) is 16.3 Å². The number of ether oxygens (including phenoxy) is 2. The molecule has 206 valence electrons. The van der Waals surface area contributed by atoms with E-state index in [1.165, 1.54) is 25.3 Å². The zero-order chi connectivity index (χ0) is 29.0. The van der Waals surface area contributed by atoms with Crippen molar-refractivity contribution in [3.63, 3.8) is 0 Å². The third-order valence-corrected chi connectivity index (χ3v) is 8.26. The van der Waals surface area contributed by atoms with Crippen molar-refractivity contribution in [1.82, 2.24) is 4.90 Å². The van der Waals surface area contributed by atoms with Crippen LogP contribution >= 0.6 is 66.8 Å². The molecule has 3 amide bonds. The number of thioether (sulfide) groups is 1. The van der Waals surface area contributed by atoms with E-state index in [4.69, 9.17) is 27.9 Å². The maximum absolute atomic E-state index is 13.0. The lowest BCUT2D eigenvalue weighted by atomic mass is 10.2. The van der Waals surface area contributed by atoms with Crippen molar-refractivity contribution in [3.05, 3.63) is 95.2 Å². The summed E-state index contributed by atoms with van der Waals surface area (Å²) in [5, 5.41) is 2.71. The van der Waals surface area contributed by atoms with Crippen LogP contribution in [0.5, 0.6) is 5.75 Å². The number of methoxy groups -OCH3 is 1. The number of nitrogens with zero attached hydrogens (tertiary/aromatic N) is 1. The van der Waals surface area contributed by atoms with E-state index in [1.54, 1.807) is 24.3 Å². The lowest BCUT2D eigenvalue weighted by molar-refractivity contribution is -0.127.